The van der Waals surface area contributed by atoms with Gasteiger partial charge in [0.05, 0.1) is 12.7 Å². The van der Waals surface area contributed by atoms with E-state index in [1.165, 1.54) is 24.9 Å². The predicted octanol–water partition coefficient (Wildman–Crippen LogP) is 2.33. The van der Waals surface area contributed by atoms with Gasteiger partial charge < -0.3 is 9.84 Å². The van der Waals surface area contributed by atoms with E-state index in [4.69, 9.17) is 9.84 Å². The van der Waals surface area contributed by atoms with Gasteiger partial charge in [0.15, 0.2) is 5.75 Å². The third-order valence-electron chi connectivity index (χ3n) is 2.15. The summed E-state index contributed by atoms with van der Waals surface area (Å²) in [6, 6.07) is 6.61. The summed E-state index contributed by atoms with van der Waals surface area (Å²) in [5, 5.41) is 10.0. The maximum atomic E-state index is 11.1. The Morgan fingerprint density at radius 2 is 1.89 bits per heavy atom. The normalized spacial score (nSPS) is 10.1. The maximum absolute atomic E-state index is 11.1. The van der Waals surface area contributed by atoms with Crippen molar-refractivity contribution in [1.29, 1.82) is 0 Å². The van der Waals surface area contributed by atoms with Crippen molar-refractivity contribution in [3.05, 3.63) is 42.2 Å². The van der Waals surface area contributed by atoms with Crippen molar-refractivity contribution in [2.75, 3.05) is 7.11 Å². The van der Waals surface area contributed by atoms with Crippen LogP contribution in [0, 0.1) is 0 Å². The molecule has 1 N–H and O–H groups in total. The summed E-state index contributed by atoms with van der Waals surface area (Å²) in [5.74, 6) is -0.426. The molecule has 0 aliphatic rings. The van der Waals surface area contributed by atoms with Crippen LogP contribution in [0.4, 0.5) is 0 Å². The van der Waals surface area contributed by atoms with Crippen molar-refractivity contribution in [2.24, 2.45) is 0 Å². The average Bonchev–Trinajstić information content (AvgIpc) is 2.40. The van der Waals surface area contributed by atoms with Crippen molar-refractivity contribution in [3.63, 3.8) is 0 Å². The third-order valence-corrected chi connectivity index (χ3v) is 3.17. The zero-order valence-corrected chi connectivity index (χ0v) is 10.3. The summed E-state index contributed by atoms with van der Waals surface area (Å²) in [4.78, 5) is 19.3. The molecule has 0 fully saturated rings. The lowest BCUT2D eigenvalue weighted by Gasteiger charge is -2.07. The topological polar surface area (TPSA) is 72.3 Å². The first kappa shape index (κ1) is 12.4. The molecule has 2 aromatic heterocycles. The molecule has 0 saturated carbocycles. The maximum Gasteiger partial charge on any atom is 0.338 e. The number of methoxy groups -OCH3 is 1. The molecule has 0 radical (unpaired) electrons. The minimum atomic E-state index is -1.01. The summed E-state index contributed by atoms with van der Waals surface area (Å²) in [5.41, 5.74) is 0.148. The van der Waals surface area contributed by atoms with E-state index >= 15 is 0 Å². The second-order valence-electron chi connectivity index (χ2n) is 3.27. The number of hydrogen-bond acceptors (Lipinski definition) is 5. The Hall–Kier alpha value is -2.08. The minimum Gasteiger partial charge on any atom is -0.494 e. The van der Waals surface area contributed by atoms with E-state index < -0.39 is 5.97 Å². The van der Waals surface area contributed by atoms with Crippen LogP contribution in [0.5, 0.6) is 5.75 Å². The standard InChI is InChI=1S/C12H10N2O3S/c1-17-9-5-3-7-14-11(9)18-10-8(12(15)16)4-2-6-13-10/h2-7H,1H3,(H,15,16). The van der Waals surface area contributed by atoms with Gasteiger partial charge in [0.2, 0.25) is 0 Å². The van der Waals surface area contributed by atoms with E-state index in [1.54, 1.807) is 30.6 Å². The molecular formula is C12H10N2O3S. The minimum absolute atomic E-state index is 0.148. The molecular weight excluding hydrogens is 252 g/mol. The number of ether oxygens (including phenoxy) is 1. The third kappa shape index (κ3) is 2.60. The lowest BCUT2D eigenvalue weighted by Crippen LogP contribution is -2.00. The molecule has 18 heavy (non-hydrogen) atoms. The van der Waals surface area contributed by atoms with Gasteiger partial charge in [0.1, 0.15) is 10.1 Å². The first-order valence-electron chi connectivity index (χ1n) is 5.07. The Balaban J connectivity index is 2.37. The first-order valence-corrected chi connectivity index (χ1v) is 5.89. The summed E-state index contributed by atoms with van der Waals surface area (Å²) in [6.07, 6.45) is 3.17. The van der Waals surface area contributed by atoms with Gasteiger partial charge in [-0.05, 0) is 36.0 Å². The molecule has 2 aromatic rings. The number of hydrogen-bond donors (Lipinski definition) is 1. The molecule has 6 heteroatoms. The van der Waals surface area contributed by atoms with Crippen molar-refractivity contribution in [2.45, 2.75) is 10.1 Å². The molecule has 0 aromatic carbocycles. The second kappa shape index (κ2) is 5.50. The quantitative estimate of drug-likeness (QED) is 0.911. The fourth-order valence-corrected chi connectivity index (χ4v) is 2.26. The van der Waals surface area contributed by atoms with Gasteiger partial charge in [-0.3, -0.25) is 0 Å². The van der Waals surface area contributed by atoms with Gasteiger partial charge in [-0.25, -0.2) is 14.8 Å². The second-order valence-corrected chi connectivity index (χ2v) is 4.25. The van der Waals surface area contributed by atoms with E-state index in [0.29, 0.717) is 15.8 Å². The zero-order valence-electron chi connectivity index (χ0n) is 9.53. The van der Waals surface area contributed by atoms with Crippen LogP contribution in [0.1, 0.15) is 10.4 Å². The van der Waals surface area contributed by atoms with Crippen LogP contribution in [0.2, 0.25) is 0 Å². The van der Waals surface area contributed by atoms with Crippen LogP contribution in [0.25, 0.3) is 0 Å². The van der Waals surface area contributed by atoms with Gasteiger partial charge in [0.25, 0.3) is 0 Å². The number of carboxylic acid groups (broad SMARTS) is 1. The summed E-state index contributed by atoms with van der Waals surface area (Å²) in [6.45, 7) is 0. The fraction of sp³-hybridized carbons (Fsp3) is 0.0833. The van der Waals surface area contributed by atoms with E-state index in [1.807, 2.05) is 0 Å². The Morgan fingerprint density at radius 1 is 1.22 bits per heavy atom. The van der Waals surface area contributed by atoms with Gasteiger partial charge >= 0.3 is 5.97 Å². The van der Waals surface area contributed by atoms with Gasteiger partial charge in [0, 0.05) is 12.4 Å². The molecule has 0 bridgehead atoms. The molecule has 0 saturated heterocycles. The van der Waals surface area contributed by atoms with Crippen molar-refractivity contribution >= 4 is 17.7 Å². The molecule has 5 nitrogen and oxygen atoms in total. The molecule has 0 aliphatic carbocycles. The molecule has 92 valence electrons. The van der Waals surface area contributed by atoms with E-state index in [0.717, 1.165) is 0 Å². The van der Waals surface area contributed by atoms with Crippen molar-refractivity contribution < 1.29 is 14.6 Å². The number of pyridine rings is 2. The number of aromatic carboxylic acids is 1. The number of aromatic nitrogens is 2. The highest BCUT2D eigenvalue weighted by atomic mass is 32.2. The summed E-state index contributed by atoms with van der Waals surface area (Å²) >= 11 is 1.17. The van der Waals surface area contributed by atoms with Crippen LogP contribution < -0.4 is 4.74 Å². The molecule has 0 amide bonds. The average molecular weight is 262 g/mol. The predicted molar refractivity (Wildman–Crippen MR) is 66.1 cm³/mol. The Kier molecular flexibility index (Phi) is 3.78. The highest BCUT2D eigenvalue weighted by Gasteiger charge is 2.14. The largest absolute Gasteiger partial charge is 0.494 e. The SMILES string of the molecule is COc1cccnc1Sc1ncccc1C(=O)O. The van der Waals surface area contributed by atoms with Gasteiger partial charge in [-0.1, -0.05) is 0 Å². The van der Waals surface area contributed by atoms with Crippen molar-refractivity contribution in [1.82, 2.24) is 9.97 Å². The Bertz CT molecular complexity index is 575. The molecule has 2 heterocycles. The van der Waals surface area contributed by atoms with Crippen LogP contribution in [-0.4, -0.2) is 28.2 Å². The van der Waals surface area contributed by atoms with E-state index in [2.05, 4.69) is 9.97 Å². The number of rotatable bonds is 4. The molecule has 0 atom stereocenters. The van der Waals surface area contributed by atoms with Crippen LogP contribution in [0.15, 0.2) is 46.7 Å². The van der Waals surface area contributed by atoms with E-state index in [-0.39, 0.29) is 5.56 Å². The number of nitrogens with zero attached hydrogens (tertiary/aromatic N) is 2. The highest BCUT2D eigenvalue weighted by molar-refractivity contribution is 7.99. The highest BCUT2D eigenvalue weighted by Crippen LogP contribution is 2.33. The van der Waals surface area contributed by atoms with Gasteiger partial charge in [-0.15, -0.1) is 0 Å². The smallest absolute Gasteiger partial charge is 0.338 e. The molecule has 0 spiro atoms. The van der Waals surface area contributed by atoms with Crippen LogP contribution >= 0.6 is 11.8 Å². The number of carboxylic acids is 1. The fourth-order valence-electron chi connectivity index (χ4n) is 1.33. The van der Waals surface area contributed by atoms with Crippen molar-refractivity contribution in [3.8, 4) is 5.75 Å². The molecule has 0 aliphatic heterocycles. The summed E-state index contributed by atoms with van der Waals surface area (Å²) < 4.78 is 5.16. The van der Waals surface area contributed by atoms with E-state index in [9.17, 15) is 4.79 Å². The zero-order chi connectivity index (χ0) is 13.0. The van der Waals surface area contributed by atoms with Gasteiger partial charge in [-0.2, -0.15) is 0 Å². The lowest BCUT2D eigenvalue weighted by atomic mass is 10.3. The monoisotopic (exact) mass is 262 g/mol. The molecule has 2 rings (SSSR count). The first-order chi connectivity index (χ1) is 8.72. The molecule has 0 unspecified atom stereocenters. The Labute approximate surface area is 108 Å². The van der Waals surface area contributed by atoms with Crippen LogP contribution in [-0.2, 0) is 0 Å². The number of carbonyl (C=O) groups is 1. The Morgan fingerprint density at radius 3 is 2.56 bits per heavy atom. The van der Waals surface area contributed by atoms with Crippen LogP contribution in [0.3, 0.4) is 0 Å². The summed E-state index contributed by atoms with van der Waals surface area (Å²) in [7, 11) is 1.54. The lowest BCUT2D eigenvalue weighted by molar-refractivity contribution is 0.0692.